The second-order valence-corrected chi connectivity index (χ2v) is 2.43. The summed E-state index contributed by atoms with van der Waals surface area (Å²) in [4.78, 5) is 30.2. The molecule has 0 aromatic heterocycles. The summed E-state index contributed by atoms with van der Waals surface area (Å²) in [5.41, 5.74) is -2.86. The molecular weight excluding hydrogens is 318 g/mol. The molecule has 0 radical (unpaired) electrons. The van der Waals surface area contributed by atoms with Crippen LogP contribution in [-0.4, -0.2) is 71.5 Å². The molecule has 7 nitrogen and oxygen atoms in total. The molecule has 0 aliphatic heterocycles. The van der Waals surface area contributed by atoms with Gasteiger partial charge in [0.2, 0.25) is 0 Å². The zero-order valence-electron chi connectivity index (χ0n) is 8.84. The fourth-order valence-electron chi connectivity index (χ4n) is 0.691. The van der Waals surface area contributed by atoms with Gasteiger partial charge in [0, 0.05) is 24.8 Å². The molecule has 0 fully saturated rings. The molecule has 0 amide bonds. The van der Waals surface area contributed by atoms with Crippen molar-refractivity contribution in [2.75, 3.05) is 0 Å². The van der Waals surface area contributed by atoms with E-state index in [9.17, 15) is 24.6 Å². The standard InChI is InChI=1S/C6H8O7.Ca.2ClH.Na/c7-3(8)1-6(13,5(11)12)2-4(9)10;;;;/h13H,1-2H2,(H,7,8)(H,9,10)(H,11,12);;2*1H;/q;+2;;;+1/p-3. The van der Waals surface area contributed by atoms with Crippen molar-refractivity contribution in [1.82, 2.24) is 0 Å². The third kappa shape index (κ3) is 13.4. The fraction of sp³-hybridized carbons (Fsp3) is 0.500. The van der Waals surface area contributed by atoms with Crippen molar-refractivity contribution in [2.24, 2.45) is 0 Å². The van der Waals surface area contributed by atoms with Crippen LogP contribution < -0.4 is 52.2 Å². The number of carbonyl (C=O) groups is 3. The first-order chi connectivity index (χ1) is 5.78. The number of rotatable bonds is 5. The van der Waals surface area contributed by atoms with Crippen LogP contribution in [0.3, 0.4) is 0 Å². The van der Waals surface area contributed by atoms with Crippen molar-refractivity contribution in [3.63, 3.8) is 0 Å². The maximum absolute atomic E-state index is 10.3. The molecule has 0 aliphatic carbocycles. The Morgan fingerprint density at radius 3 is 1.41 bits per heavy atom. The van der Waals surface area contributed by atoms with E-state index in [0.717, 1.165) is 0 Å². The molecule has 0 saturated carbocycles. The number of carbonyl (C=O) groups excluding carboxylic acids is 2. The van der Waals surface area contributed by atoms with Crippen LogP contribution in [0, 0.1) is 0 Å². The van der Waals surface area contributed by atoms with E-state index < -0.39 is 36.4 Å². The van der Waals surface area contributed by atoms with Crippen molar-refractivity contribution >= 4 is 68.1 Å². The first-order valence-corrected chi connectivity index (χ1v) is 3.13. The Balaban J connectivity index is -0.000000120. The third-order valence-corrected chi connectivity index (χ3v) is 1.27. The Bertz CT molecular complexity index is 247. The van der Waals surface area contributed by atoms with E-state index >= 15 is 0 Å². The van der Waals surface area contributed by atoms with Gasteiger partial charge in [0.15, 0.2) is 5.60 Å². The van der Waals surface area contributed by atoms with Gasteiger partial charge in [0.05, 0.1) is 0 Å². The van der Waals surface area contributed by atoms with Crippen LogP contribution in [-0.2, 0) is 14.4 Å². The predicted octanol–water partition coefficient (Wildman–Crippen LogP) is -9.87. The van der Waals surface area contributed by atoms with Gasteiger partial charge in [-0.3, -0.25) is 0 Å². The van der Waals surface area contributed by atoms with Crippen molar-refractivity contribution in [2.45, 2.75) is 18.4 Å². The van der Waals surface area contributed by atoms with Crippen LogP contribution in [0.25, 0.3) is 0 Å². The van der Waals surface area contributed by atoms with E-state index in [1.54, 1.807) is 0 Å². The van der Waals surface area contributed by atoms with Gasteiger partial charge in [-0.25, -0.2) is 4.79 Å². The van der Waals surface area contributed by atoms with Crippen molar-refractivity contribution in [3.05, 3.63) is 0 Å². The molecule has 0 unspecified atom stereocenters. The van der Waals surface area contributed by atoms with Crippen LogP contribution in [0.4, 0.5) is 0 Å². The molecule has 0 aliphatic rings. The largest absolute Gasteiger partial charge is 2.00 e. The second kappa shape index (κ2) is 13.6. The normalized spacial score (nSPS) is 8.29. The van der Waals surface area contributed by atoms with Crippen LogP contribution in [0.1, 0.15) is 12.8 Å². The topological polar surface area (TPSA) is 138 Å². The van der Waals surface area contributed by atoms with Crippen molar-refractivity contribution in [3.8, 4) is 0 Å². The molecular formula is C6H7CaCl2NaO7. The molecule has 17 heavy (non-hydrogen) atoms. The van der Waals surface area contributed by atoms with Gasteiger partial charge >= 0.3 is 73.3 Å². The Morgan fingerprint density at radius 2 is 1.29 bits per heavy atom. The van der Waals surface area contributed by atoms with Gasteiger partial charge in [-0.05, 0) is 0 Å². The minimum Gasteiger partial charge on any atom is -1.00 e. The summed E-state index contributed by atoms with van der Waals surface area (Å²) in [5.74, 6) is -5.65. The quantitative estimate of drug-likeness (QED) is 0.479. The molecule has 0 heterocycles. The van der Waals surface area contributed by atoms with E-state index in [0.29, 0.717) is 0 Å². The number of hydrogen-bond donors (Lipinski definition) is 2. The number of aliphatic carboxylic acids is 3. The number of aliphatic hydroxyl groups is 1. The van der Waals surface area contributed by atoms with E-state index in [4.69, 9.17) is 10.2 Å². The minimum atomic E-state index is -2.86. The van der Waals surface area contributed by atoms with Crippen LogP contribution >= 0.6 is 12.4 Å². The Morgan fingerprint density at radius 1 is 1.06 bits per heavy atom. The van der Waals surface area contributed by atoms with E-state index in [-0.39, 0.29) is 92.1 Å². The molecule has 0 aromatic carbocycles. The van der Waals surface area contributed by atoms with E-state index in [2.05, 4.69) is 0 Å². The number of hydrogen-bond acceptors (Lipinski definition) is 6. The molecule has 90 valence electrons. The molecule has 0 saturated heterocycles. The van der Waals surface area contributed by atoms with Gasteiger partial charge < -0.3 is 42.4 Å². The first kappa shape index (κ1) is 30.9. The molecule has 2 N–H and O–H groups in total. The monoisotopic (exact) mass is 324 g/mol. The van der Waals surface area contributed by atoms with Crippen LogP contribution in [0.15, 0.2) is 0 Å². The van der Waals surface area contributed by atoms with Crippen molar-refractivity contribution in [1.29, 1.82) is 0 Å². The van der Waals surface area contributed by atoms with Gasteiger partial charge in [-0.1, -0.05) is 0 Å². The summed E-state index contributed by atoms with van der Waals surface area (Å²) in [6, 6.07) is 0. The predicted molar refractivity (Wildman–Crippen MR) is 44.8 cm³/mol. The SMILES string of the molecule is Cl.O=C([O-])CC(O)(CC(=O)[O-])C(=O)O.[Ca+2].[Cl-].[Na+]. The van der Waals surface area contributed by atoms with Crippen molar-refractivity contribution < 1.29 is 76.8 Å². The molecule has 0 bridgehead atoms. The minimum absolute atomic E-state index is 0. The molecule has 0 atom stereocenters. The Hall–Kier alpha value is 1.21. The molecule has 11 heteroatoms. The zero-order valence-corrected chi connectivity index (χ0v) is 14.6. The van der Waals surface area contributed by atoms with Gasteiger partial charge in [0.1, 0.15) is 0 Å². The molecule has 0 spiro atoms. The van der Waals surface area contributed by atoms with Gasteiger partial charge in [0.25, 0.3) is 0 Å². The number of carboxylic acids is 3. The van der Waals surface area contributed by atoms with Crippen LogP contribution in [0.2, 0.25) is 0 Å². The summed E-state index contributed by atoms with van der Waals surface area (Å²) in [6.45, 7) is 0. The Kier molecular flexibility index (Phi) is 24.8. The molecule has 0 rings (SSSR count). The summed E-state index contributed by atoms with van der Waals surface area (Å²) in [5, 5.41) is 37.2. The van der Waals surface area contributed by atoms with E-state index in [1.807, 2.05) is 0 Å². The fourth-order valence-corrected chi connectivity index (χ4v) is 0.691. The first-order valence-electron chi connectivity index (χ1n) is 3.13. The summed E-state index contributed by atoms with van der Waals surface area (Å²) >= 11 is 0. The molecule has 0 aromatic rings. The average Bonchev–Trinajstić information content (AvgIpc) is 1.82. The number of carboxylic acid groups (broad SMARTS) is 3. The zero-order chi connectivity index (χ0) is 10.6. The average molecular weight is 325 g/mol. The summed E-state index contributed by atoms with van der Waals surface area (Å²) in [6.07, 6.45) is -2.59. The number of halogens is 2. The van der Waals surface area contributed by atoms with Gasteiger partial charge in [-0.2, -0.15) is 0 Å². The summed E-state index contributed by atoms with van der Waals surface area (Å²) in [7, 11) is 0. The van der Waals surface area contributed by atoms with Gasteiger partial charge in [-0.15, -0.1) is 12.4 Å². The second-order valence-electron chi connectivity index (χ2n) is 2.43. The smallest absolute Gasteiger partial charge is 1.00 e. The maximum atomic E-state index is 10.3. The Labute approximate surface area is 161 Å². The van der Waals surface area contributed by atoms with E-state index in [1.165, 1.54) is 0 Å². The maximum Gasteiger partial charge on any atom is 2.00 e. The third-order valence-electron chi connectivity index (χ3n) is 1.27. The van der Waals surface area contributed by atoms with Crippen LogP contribution in [0.5, 0.6) is 0 Å². The summed E-state index contributed by atoms with van der Waals surface area (Å²) < 4.78 is 0.